The molecule has 1 heterocycles. The van der Waals surface area contributed by atoms with Gasteiger partial charge in [-0.3, -0.25) is 0 Å². The highest BCUT2D eigenvalue weighted by molar-refractivity contribution is 5.93. The number of benzene rings is 1. The molecular formula is C17H23N3. The van der Waals surface area contributed by atoms with Gasteiger partial charge in [-0.05, 0) is 32.2 Å². The average molecular weight is 269 g/mol. The summed E-state index contributed by atoms with van der Waals surface area (Å²) in [5.74, 6) is 0.982. The molecular weight excluding hydrogens is 246 g/mol. The van der Waals surface area contributed by atoms with Gasteiger partial charge in [0.15, 0.2) is 0 Å². The molecule has 0 spiro atoms. The van der Waals surface area contributed by atoms with E-state index in [0.717, 1.165) is 23.4 Å². The van der Waals surface area contributed by atoms with Crippen molar-refractivity contribution in [2.24, 2.45) is 5.73 Å². The summed E-state index contributed by atoms with van der Waals surface area (Å²) < 4.78 is 0. The number of nitrogens with two attached hydrogens (primary N) is 1. The largest absolute Gasteiger partial charge is 0.348 e. The first-order chi connectivity index (χ1) is 9.47. The van der Waals surface area contributed by atoms with Crippen LogP contribution in [0.1, 0.15) is 26.5 Å². The third-order valence-electron chi connectivity index (χ3n) is 3.36. The molecule has 0 saturated heterocycles. The zero-order chi connectivity index (χ0) is 14.8. The number of hydrogen-bond acceptors (Lipinski definition) is 3. The summed E-state index contributed by atoms with van der Waals surface area (Å²) in [7, 11) is 0. The summed E-state index contributed by atoms with van der Waals surface area (Å²) in [6.07, 6.45) is 1.91. The third-order valence-corrected chi connectivity index (χ3v) is 3.36. The van der Waals surface area contributed by atoms with Gasteiger partial charge in [0.2, 0.25) is 0 Å². The molecule has 0 radical (unpaired) electrons. The summed E-state index contributed by atoms with van der Waals surface area (Å²) in [4.78, 5) is 7.02. The Morgan fingerprint density at radius 2 is 2.00 bits per heavy atom. The summed E-state index contributed by atoms with van der Waals surface area (Å²) in [6.45, 7) is 11.6. The van der Waals surface area contributed by atoms with Crippen LogP contribution in [0.4, 0.5) is 5.82 Å². The Balaban J connectivity index is 2.69. The molecule has 1 aromatic carbocycles. The lowest BCUT2D eigenvalue weighted by Gasteiger charge is -2.37. The van der Waals surface area contributed by atoms with Gasteiger partial charge >= 0.3 is 0 Å². The maximum atomic E-state index is 5.79. The molecule has 3 nitrogen and oxygen atoms in total. The molecule has 0 fully saturated rings. The minimum absolute atomic E-state index is 0.0306. The predicted octanol–water partition coefficient (Wildman–Crippen LogP) is 3.48. The molecule has 1 aromatic heterocycles. The van der Waals surface area contributed by atoms with Crippen molar-refractivity contribution in [1.29, 1.82) is 0 Å². The number of aromatic nitrogens is 1. The molecule has 3 heteroatoms. The highest BCUT2D eigenvalue weighted by atomic mass is 15.2. The van der Waals surface area contributed by atoms with Crippen molar-refractivity contribution in [2.75, 3.05) is 11.4 Å². The quantitative estimate of drug-likeness (QED) is 0.864. The van der Waals surface area contributed by atoms with Crippen LogP contribution >= 0.6 is 0 Å². The minimum Gasteiger partial charge on any atom is -0.348 e. The monoisotopic (exact) mass is 269 g/mol. The number of anilines is 1. The van der Waals surface area contributed by atoms with Crippen molar-refractivity contribution < 1.29 is 0 Å². The first-order valence-corrected chi connectivity index (χ1v) is 6.94. The van der Waals surface area contributed by atoms with Crippen LogP contribution in [0, 0.1) is 0 Å². The van der Waals surface area contributed by atoms with Crippen LogP contribution < -0.4 is 10.6 Å². The van der Waals surface area contributed by atoms with E-state index in [1.807, 2.05) is 18.2 Å². The molecule has 20 heavy (non-hydrogen) atoms. The summed E-state index contributed by atoms with van der Waals surface area (Å²) in [5.41, 5.74) is 6.68. The third kappa shape index (κ3) is 2.83. The minimum atomic E-state index is -0.0306. The zero-order valence-electron chi connectivity index (χ0n) is 12.6. The van der Waals surface area contributed by atoms with Gasteiger partial charge in [-0.1, -0.05) is 30.3 Å². The van der Waals surface area contributed by atoms with Crippen molar-refractivity contribution in [3.63, 3.8) is 0 Å². The van der Waals surface area contributed by atoms with Crippen LogP contribution in [-0.4, -0.2) is 17.1 Å². The Labute approximate surface area is 121 Å². The van der Waals surface area contributed by atoms with Gasteiger partial charge < -0.3 is 10.6 Å². The number of fused-ring (bicyclic) bond motifs is 1. The van der Waals surface area contributed by atoms with Gasteiger partial charge in [-0.2, -0.15) is 0 Å². The predicted molar refractivity (Wildman–Crippen MR) is 86.9 cm³/mol. The Morgan fingerprint density at radius 3 is 2.60 bits per heavy atom. The Morgan fingerprint density at radius 1 is 1.30 bits per heavy atom. The van der Waals surface area contributed by atoms with Gasteiger partial charge in [0.05, 0.1) is 5.69 Å². The van der Waals surface area contributed by atoms with Gasteiger partial charge in [0, 0.05) is 24.0 Å². The number of nitrogens with zero attached hydrogens (tertiary/aromatic N) is 2. The second-order valence-corrected chi connectivity index (χ2v) is 5.93. The molecule has 0 aliphatic heterocycles. The molecule has 0 bridgehead atoms. The first-order valence-electron chi connectivity index (χ1n) is 6.94. The summed E-state index contributed by atoms with van der Waals surface area (Å²) >= 11 is 0. The zero-order valence-corrected chi connectivity index (χ0v) is 12.6. The SMILES string of the molecule is C=CCN(c1nc(CN)cc2ccccc12)C(C)(C)C. The molecule has 2 aromatic rings. The van der Waals surface area contributed by atoms with Crippen molar-refractivity contribution >= 4 is 16.6 Å². The van der Waals surface area contributed by atoms with E-state index in [1.165, 1.54) is 5.39 Å². The van der Waals surface area contributed by atoms with Gasteiger partial charge in [-0.25, -0.2) is 4.98 Å². The maximum Gasteiger partial charge on any atom is 0.137 e. The molecule has 0 aliphatic rings. The molecule has 106 valence electrons. The van der Waals surface area contributed by atoms with Crippen molar-refractivity contribution in [1.82, 2.24) is 4.98 Å². The van der Waals surface area contributed by atoms with Gasteiger partial charge in [0.1, 0.15) is 5.82 Å². The topological polar surface area (TPSA) is 42.2 Å². The number of rotatable bonds is 4. The van der Waals surface area contributed by atoms with E-state index in [1.54, 1.807) is 0 Å². The summed E-state index contributed by atoms with van der Waals surface area (Å²) in [6, 6.07) is 10.4. The Hall–Kier alpha value is -1.87. The lowest BCUT2D eigenvalue weighted by Crippen LogP contribution is -2.42. The van der Waals surface area contributed by atoms with E-state index in [4.69, 9.17) is 10.7 Å². The van der Waals surface area contributed by atoms with Crippen LogP contribution in [0.2, 0.25) is 0 Å². The van der Waals surface area contributed by atoms with Crippen molar-refractivity contribution in [3.8, 4) is 0 Å². The molecule has 2 rings (SSSR count). The Kier molecular flexibility index (Phi) is 4.09. The second-order valence-electron chi connectivity index (χ2n) is 5.93. The van der Waals surface area contributed by atoms with E-state index < -0.39 is 0 Å². The lowest BCUT2D eigenvalue weighted by molar-refractivity contribution is 0.518. The van der Waals surface area contributed by atoms with Gasteiger partial charge in [-0.15, -0.1) is 6.58 Å². The molecule has 0 unspecified atom stereocenters. The Bertz CT molecular complexity index is 611. The maximum absolute atomic E-state index is 5.79. The van der Waals surface area contributed by atoms with Crippen LogP contribution in [0.25, 0.3) is 10.8 Å². The van der Waals surface area contributed by atoms with E-state index in [0.29, 0.717) is 6.54 Å². The molecule has 2 N–H and O–H groups in total. The normalized spacial score (nSPS) is 11.6. The highest BCUT2D eigenvalue weighted by Crippen LogP contribution is 2.30. The molecule has 0 atom stereocenters. The molecule has 0 amide bonds. The van der Waals surface area contributed by atoms with Crippen LogP contribution in [0.5, 0.6) is 0 Å². The average Bonchev–Trinajstić information content (AvgIpc) is 2.42. The summed E-state index contributed by atoms with van der Waals surface area (Å²) in [5, 5.41) is 2.33. The van der Waals surface area contributed by atoms with Gasteiger partial charge in [0.25, 0.3) is 0 Å². The van der Waals surface area contributed by atoms with Crippen molar-refractivity contribution in [3.05, 3.63) is 48.7 Å². The fourth-order valence-electron chi connectivity index (χ4n) is 2.35. The van der Waals surface area contributed by atoms with Crippen LogP contribution in [0.15, 0.2) is 43.0 Å². The van der Waals surface area contributed by atoms with E-state index in [9.17, 15) is 0 Å². The van der Waals surface area contributed by atoms with Crippen LogP contribution in [-0.2, 0) is 6.54 Å². The van der Waals surface area contributed by atoms with E-state index in [2.05, 4.69) is 50.4 Å². The standard InChI is InChI=1S/C17H23N3/c1-5-10-20(17(2,3)4)16-15-9-7-6-8-13(15)11-14(12-18)19-16/h5-9,11H,1,10,12,18H2,2-4H3. The lowest BCUT2D eigenvalue weighted by atomic mass is 10.0. The first kappa shape index (κ1) is 14.5. The van der Waals surface area contributed by atoms with Crippen LogP contribution in [0.3, 0.4) is 0 Å². The second kappa shape index (κ2) is 5.63. The fourth-order valence-corrected chi connectivity index (χ4v) is 2.35. The fraction of sp³-hybridized carbons (Fsp3) is 0.353. The molecule has 0 aliphatic carbocycles. The number of hydrogen-bond donors (Lipinski definition) is 1. The molecule has 0 saturated carbocycles. The highest BCUT2D eigenvalue weighted by Gasteiger charge is 2.23. The van der Waals surface area contributed by atoms with E-state index in [-0.39, 0.29) is 5.54 Å². The van der Waals surface area contributed by atoms with Crippen molar-refractivity contribution in [2.45, 2.75) is 32.9 Å². The smallest absolute Gasteiger partial charge is 0.137 e. The van der Waals surface area contributed by atoms with E-state index >= 15 is 0 Å². The number of pyridine rings is 1.